The first-order valence-electron chi connectivity index (χ1n) is 9.31. The van der Waals surface area contributed by atoms with E-state index < -0.39 is 0 Å². The van der Waals surface area contributed by atoms with Crippen molar-refractivity contribution in [2.45, 2.75) is 19.5 Å². The van der Waals surface area contributed by atoms with Gasteiger partial charge in [0.05, 0.1) is 19.8 Å². The summed E-state index contributed by atoms with van der Waals surface area (Å²) in [6.07, 6.45) is 0. The number of amides is 2. The van der Waals surface area contributed by atoms with E-state index in [1.807, 2.05) is 29.2 Å². The van der Waals surface area contributed by atoms with Crippen LogP contribution in [-0.2, 0) is 16.1 Å². The molecule has 0 saturated carbocycles. The minimum atomic E-state index is 0.0345. The molecule has 3 rings (SSSR count). The van der Waals surface area contributed by atoms with Gasteiger partial charge in [0.1, 0.15) is 0 Å². The summed E-state index contributed by atoms with van der Waals surface area (Å²) >= 11 is 0. The number of piperazine rings is 1. The molecule has 2 saturated heterocycles. The fourth-order valence-corrected chi connectivity index (χ4v) is 3.27. The second kappa shape index (κ2) is 9.12. The third kappa shape index (κ3) is 5.03. The van der Waals surface area contributed by atoms with Gasteiger partial charge in [0.25, 0.3) is 5.91 Å². The van der Waals surface area contributed by atoms with Crippen molar-refractivity contribution < 1.29 is 14.3 Å². The minimum absolute atomic E-state index is 0.0345. The van der Waals surface area contributed by atoms with Crippen LogP contribution in [0.5, 0.6) is 0 Å². The average molecular weight is 360 g/mol. The minimum Gasteiger partial charge on any atom is -0.378 e. The zero-order valence-corrected chi connectivity index (χ0v) is 15.4. The van der Waals surface area contributed by atoms with Crippen LogP contribution in [0.15, 0.2) is 24.3 Å². The van der Waals surface area contributed by atoms with E-state index in [0.717, 1.165) is 25.2 Å². The van der Waals surface area contributed by atoms with Crippen LogP contribution < -0.4 is 10.6 Å². The molecule has 0 aromatic heterocycles. The van der Waals surface area contributed by atoms with Gasteiger partial charge in [-0.05, 0) is 24.6 Å². The molecule has 1 aromatic carbocycles. The Bertz CT molecular complexity index is 614. The molecule has 0 radical (unpaired) electrons. The van der Waals surface area contributed by atoms with E-state index >= 15 is 0 Å². The number of hydrogen-bond acceptors (Lipinski definition) is 5. The maximum Gasteiger partial charge on any atom is 0.254 e. The average Bonchev–Trinajstić information content (AvgIpc) is 2.69. The number of carbonyl (C=O) groups is 2. The lowest BCUT2D eigenvalue weighted by Crippen LogP contribution is -2.52. The molecule has 7 nitrogen and oxygen atoms in total. The van der Waals surface area contributed by atoms with E-state index in [4.69, 9.17) is 4.74 Å². The Balaban J connectivity index is 1.46. The molecule has 1 aromatic rings. The zero-order valence-electron chi connectivity index (χ0n) is 15.4. The van der Waals surface area contributed by atoms with Gasteiger partial charge in [-0.3, -0.25) is 14.5 Å². The molecule has 2 aliphatic rings. The van der Waals surface area contributed by atoms with E-state index in [1.54, 1.807) is 0 Å². The van der Waals surface area contributed by atoms with Gasteiger partial charge in [-0.2, -0.15) is 0 Å². The number of morpholine rings is 1. The van der Waals surface area contributed by atoms with Crippen molar-refractivity contribution >= 4 is 11.8 Å². The van der Waals surface area contributed by atoms with Gasteiger partial charge in [-0.25, -0.2) is 0 Å². The third-order valence-corrected chi connectivity index (χ3v) is 4.97. The van der Waals surface area contributed by atoms with Gasteiger partial charge >= 0.3 is 0 Å². The Kier molecular flexibility index (Phi) is 6.60. The van der Waals surface area contributed by atoms with E-state index in [-0.39, 0.29) is 11.8 Å². The molecule has 2 fully saturated rings. The van der Waals surface area contributed by atoms with E-state index in [2.05, 4.69) is 22.5 Å². The van der Waals surface area contributed by atoms with Crippen molar-refractivity contribution in [3.63, 3.8) is 0 Å². The van der Waals surface area contributed by atoms with Gasteiger partial charge < -0.3 is 20.3 Å². The van der Waals surface area contributed by atoms with Gasteiger partial charge in [0.15, 0.2) is 0 Å². The van der Waals surface area contributed by atoms with Gasteiger partial charge in [0.2, 0.25) is 5.91 Å². The van der Waals surface area contributed by atoms with Gasteiger partial charge in [-0.15, -0.1) is 0 Å². The molecular formula is C19H28N4O3. The molecule has 142 valence electrons. The van der Waals surface area contributed by atoms with Crippen molar-refractivity contribution in [2.75, 3.05) is 52.5 Å². The van der Waals surface area contributed by atoms with E-state index in [9.17, 15) is 9.59 Å². The largest absolute Gasteiger partial charge is 0.378 e. The van der Waals surface area contributed by atoms with Crippen LogP contribution in [0.25, 0.3) is 0 Å². The van der Waals surface area contributed by atoms with Crippen LogP contribution in [0, 0.1) is 0 Å². The maximum absolute atomic E-state index is 12.4. The predicted molar refractivity (Wildman–Crippen MR) is 98.9 cm³/mol. The molecule has 26 heavy (non-hydrogen) atoms. The van der Waals surface area contributed by atoms with Crippen molar-refractivity contribution in [1.82, 2.24) is 20.4 Å². The number of rotatable bonds is 5. The number of hydrogen-bond donors (Lipinski definition) is 2. The fourth-order valence-electron chi connectivity index (χ4n) is 3.27. The summed E-state index contributed by atoms with van der Waals surface area (Å²) in [6, 6.07) is 7.85. The molecule has 1 atom stereocenters. The van der Waals surface area contributed by atoms with E-state index in [1.165, 1.54) is 0 Å². The highest BCUT2D eigenvalue weighted by atomic mass is 16.5. The number of nitrogens with zero attached hydrogens (tertiary/aromatic N) is 2. The summed E-state index contributed by atoms with van der Waals surface area (Å²) in [5, 5.41) is 6.29. The summed E-state index contributed by atoms with van der Waals surface area (Å²) in [7, 11) is 0. The van der Waals surface area contributed by atoms with E-state index in [0.29, 0.717) is 51.0 Å². The SMILES string of the molecule is C[C@@H]1CNCCN1CC(=O)NCc1ccc(C(=O)N2CCOCC2)cc1. The zero-order chi connectivity index (χ0) is 18.4. The van der Waals surface area contributed by atoms with Crippen molar-refractivity contribution in [3.8, 4) is 0 Å². The quantitative estimate of drug-likeness (QED) is 0.777. The second-order valence-corrected chi connectivity index (χ2v) is 6.90. The normalized spacial score (nSPS) is 21.4. The van der Waals surface area contributed by atoms with Crippen LogP contribution in [0.1, 0.15) is 22.8 Å². The Hall–Kier alpha value is -1.96. The Morgan fingerprint density at radius 1 is 1.19 bits per heavy atom. The van der Waals surface area contributed by atoms with Crippen LogP contribution in [-0.4, -0.2) is 80.1 Å². The molecule has 2 N–H and O–H groups in total. The van der Waals surface area contributed by atoms with Gasteiger partial charge in [0, 0.05) is 50.9 Å². The summed E-state index contributed by atoms with van der Waals surface area (Å²) < 4.78 is 5.28. The third-order valence-electron chi connectivity index (χ3n) is 4.97. The number of nitrogens with one attached hydrogen (secondary N) is 2. The Labute approximate surface area is 154 Å². The van der Waals surface area contributed by atoms with Crippen LogP contribution in [0.4, 0.5) is 0 Å². The first-order valence-corrected chi connectivity index (χ1v) is 9.31. The highest BCUT2D eigenvalue weighted by molar-refractivity contribution is 5.94. The predicted octanol–water partition coefficient (Wildman–Crippen LogP) is 0.0689. The lowest BCUT2D eigenvalue weighted by molar-refractivity contribution is -0.123. The summed E-state index contributed by atoms with van der Waals surface area (Å²) in [5.74, 6) is 0.0730. The number of carbonyl (C=O) groups excluding carboxylic acids is 2. The summed E-state index contributed by atoms with van der Waals surface area (Å²) in [6.45, 7) is 8.26. The molecule has 2 amide bonds. The monoisotopic (exact) mass is 360 g/mol. The first-order chi connectivity index (χ1) is 12.6. The molecule has 0 bridgehead atoms. The highest BCUT2D eigenvalue weighted by Crippen LogP contribution is 2.10. The molecule has 2 aliphatic heterocycles. The molecule has 0 spiro atoms. The molecule has 2 heterocycles. The highest BCUT2D eigenvalue weighted by Gasteiger charge is 2.20. The second-order valence-electron chi connectivity index (χ2n) is 6.90. The van der Waals surface area contributed by atoms with Gasteiger partial charge in [-0.1, -0.05) is 12.1 Å². The van der Waals surface area contributed by atoms with Crippen LogP contribution >= 0.6 is 0 Å². The van der Waals surface area contributed by atoms with Crippen LogP contribution in [0.2, 0.25) is 0 Å². The lowest BCUT2D eigenvalue weighted by Gasteiger charge is -2.33. The standard InChI is InChI=1S/C19H28N4O3/c1-15-12-20-6-7-23(15)14-18(24)21-13-16-2-4-17(5-3-16)19(25)22-8-10-26-11-9-22/h2-5,15,20H,6-14H2,1H3,(H,21,24)/t15-/m1/s1. The fraction of sp³-hybridized carbons (Fsp3) is 0.579. The van der Waals surface area contributed by atoms with Crippen molar-refractivity contribution in [2.24, 2.45) is 0 Å². The molecule has 0 unspecified atom stereocenters. The van der Waals surface area contributed by atoms with Crippen molar-refractivity contribution in [1.29, 1.82) is 0 Å². The molecule has 7 heteroatoms. The summed E-state index contributed by atoms with van der Waals surface area (Å²) in [5.41, 5.74) is 1.67. The lowest BCUT2D eigenvalue weighted by atomic mass is 10.1. The topological polar surface area (TPSA) is 73.9 Å². The van der Waals surface area contributed by atoms with Crippen molar-refractivity contribution in [3.05, 3.63) is 35.4 Å². The molecular weight excluding hydrogens is 332 g/mol. The maximum atomic E-state index is 12.4. The smallest absolute Gasteiger partial charge is 0.254 e. The first kappa shape index (κ1) is 18.8. The Morgan fingerprint density at radius 3 is 2.62 bits per heavy atom. The molecule has 0 aliphatic carbocycles. The Morgan fingerprint density at radius 2 is 1.92 bits per heavy atom. The number of ether oxygens (including phenoxy) is 1. The number of benzene rings is 1. The van der Waals surface area contributed by atoms with Crippen LogP contribution in [0.3, 0.4) is 0 Å². The summed E-state index contributed by atoms with van der Waals surface area (Å²) in [4.78, 5) is 28.6.